The van der Waals surface area contributed by atoms with Crippen molar-refractivity contribution in [2.24, 2.45) is 22.0 Å². The fourth-order valence-corrected chi connectivity index (χ4v) is 5.02. The zero-order chi connectivity index (χ0) is 18.3. The van der Waals surface area contributed by atoms with Crippen molar-refractivity contribution in [1.82, 2.24) is 10.2 Å². The Balaban J connectivity index is 1.45. The molecule has 0 aromatic heterocycles. The molecule has 0 aliphatic carbocycles. The van der Waals surface area contributed by atoms with Crippen molar-refractivity contribution in [2.45, 2.75) is 43.4 Å². The molecule has 3 saturated heterocycles. The van der Waals surface area contributed by atoms with Crippen LogP contribution in [0.3, 0.4) is 0 Å². The first kappa shape index (κ1) is 17.8. The van der Waals surface area contributed by atoms with E-state index < -0.39 is 10.0 Å². The van der Waals surface area contributed by atoms with E-state index in [-0.39, 0.29) is 4.90 Å². The summed E-state index contributed by atoms with van der Waals surface area (Å²) < 4.78 is 28.7. The molecular weight excluding hydrogens is 352 g/mol. The number of primary sulfonamides is 1. The zero-order valence-corrected chi connectivity index (χ0v) is 15.8. The van der Waals surface area contributed by atoms with Crippen molar-refractivity contribution < 1.29 is 13.2 Å². The quantitative estimate of drug-likeness (QED) is 0.600. The van der Waals surface area contributed by atoms with E-state index in [4.69, 9.17) is 14.9 Å². The third-order valence-electron chi connectivity index (χ3n) is 5.75. The molecule has 0 spiro atoms. The number of hydrogen-bond donors (Lipinski definition) is 2. The van der Waals surface area contributed by atoms with Crippen molar-refractivity contribution in [3.63, 3.8) is 0 Å². The number of guanidine groups is 1. The van der Waals surface area contributed by atoms with Gasteiger partial charge in [-0.3, -0.25) is 0 Å². The van der Waals surface area contributed by atoms with Crippen LogP contribution in [0.25, 0.3) is 0 Å². The number of aliphatic imine (C=N–C) groups is 1. The predicted molar refractivity (Wildman–Crippen MR) is 99.1 cm³/mol. The van der Waals surface area contributed by atoms with E-state index in [1.165, 1.54) is 25.0 Å². The first-order valence-electron chi connectivity index (χ1n) is 9.26. The van der Waals surface area contributed by atoms with E-state index in [2.05, 4.69) is 17.1 Å². The summed E-state index contributed by atoms with van der Waals surface area (Å²) in [4.78, 5) is 7.24. The lowest BCUT2D eigenvalue weighted by Gasteiger charge is -2.23. The monoisotopic (exact) mass is 378 g/mol. The molecular formula is C18H26N4O3S. The van der Waals surface area contributed by atoms with Gasteiger partial charge in [-0.1, -0.05) is 12.1 Å². The lowest BCUT2D eigenvalue weighted by molar-refractivity contribution is 0.0767. The van der Waals surface area contributed by atoms with Gasteiger partial charge in [0, 0.05) is 31.5 Å². The molecule has 3 N–H and O–H groups in total. The average molecular weight is 378 g/mol. The molecule has 7 nitrogen and oxygen atoms in total. The summed E-state index contributed by atoms with van der Waals surface area (Å²) in [7, 11) is -3.65. The second-order valence-electron chi connectivity index (χ2n) is 7.38. The van der Waals surface area contributed by atoms with Crippen molar-refractivity contribution in [3.8, 4) is 0 Å². The summed E-state index contributed by atoms with van der Waals surface area (Å²) in [6.07, 6.45) is 3.26. The van der Waals surface area contributed by atoms with Gasteiger partial charge in [-0.05, 0) is 37.5 Å². The summed E-state index contributed by atoms with van der Waals surface area (Å²) in [6, 6.07) is 6.59. The second kappa shape index (κ2) is 6.83. The Bertz CT molecular complexity index is 775. The van der Waals surface area contributed by atoms with E-state index in [0.29, 0.717) is 30.6 Å². The van der Waals surface area contributed by atoms with E-state index in [0.717, 1.165) is 31.2 Å². The Morgan fingerprint density at radius 2 is 1.85 bits per heavy atom. The van der Waals surface area contributed by atoms with Crippen LogP contribution < -0.4 is 10.5 Å². The average Bonchev–Trinajstić information content (AvgIpc) is 3.30. The van der Waals surface area contributed by atoms with Gasteiger partial charge in [-0.2, -0.15) is 0 Å². The van der Waals surface area contributed by atoms with Gasteiger partial charge in [0.15, 0.2) is 5.96 Å². The molecule has 0 amide bonds. The van der Waals surface area contributed by atoms with E-state index in [9.17, 15) is 8.42 Å². The third-order valence-corrected chi connectivity index (χ3v) is 6.68. The van der Waals surface area contributed by atoms with Crippen LogP contribution in [0.5, 0.6) is 0 Å². The van der Waals surface area contributed by atoms with Gasteiger partial charge in [0.05, 0.1) is 23.6 Å². The number of ether oxygens (including phenoxy) is 1. The Hall–Kier alpha value is -1.64. The van der Waals surface area contributed by atoms with Crippen molar-refractivity contribution in [2.75, 3.05) is 19.6 Å². The highest BCUT2D eigenvalue weighted by Crippen LogP contribution is 2.47. The molecule has 3 aliphatic heterocycles. The molecule has 0 radical (unpaired) electrons. The number of nitrogens with one attached hydrogen (secondary N) is 1. The molecule has 3 aliphatic rings. The minimum absolute atomic E-state index is 0.125. The fraction of sp³-hybridized carbons (Fsp3) is 0.611. The number of sulfonamides is 1. The molecule has 4 rings (SSSR count). The van der Waals surface area contributed by atoms with Crippen LogP contribution in [0.4, 0.5) is 0 Å². The third kappa shape index (κ3) is 3.33. The van der Waals surface area contributed by atoms with Gasteiger partial charge < -0.3 is 15.0 Å². The Morgan fingerprint density at radius 3 is 2.38 bits per heavy atom. The fourth-order valence-electron chi connectivity index (χ4n) is 4.51. The maximum absolute atomic E-state index is 11.3. The maximum atomic E-state index is 11.3. The summed E-state index contributed by atoms with van der Waals surface area (Å²) in [5.74, 6) is 2.19. The summed E-state index contributed by atoms with van der Waals surface area (Å²) in [5.41, 5.74) is 0.954. The smallest absolute Gasteiger partial charge is 0.238 e. The molecule has 0 saturated carbocycles. The van der Waals surface area contributed by atoms with E-state index in [1.807, 2.05) is 0 Å². The number of hydrogen-bond acceptors (Lipinski definition) is 4. The zero-order valence-electron chi connectivity index (χ0n) is 15.0. The summed E-state index contributed by atoms with van der Waals surface area (Å²) in [5, 5.41) is 8.53. The lowest BCUT2D eigenvalue weighted by Crippen LogP contribution is -2.41. The van der Waals surface area contributed by atoms with Crippen molar-refractivity contribution >= 4 is 16.0 Å². The van der Waals surface area contributed by atoms with Gasteiger partial charge >= 0.3 is 0 Å². The topological polar surface area (TPSA) is 97.0 Å². The first-order chi connectivity index (χ1) is 12.5. The number of rotatable bonds is 4. The largest absolute Gasteiger partial charge is 0.374 e. The number of likely N-dealkylation sites (tertiary alicyclic amines) is 1. The van der Waals surface area contributed by atoms with Crippen LogP contribution in [-0.4, -0.2) is 51.1 Å². The number of benzene rings is 1. The SMILES string of the molecule is CCNC(=NCc1ccc(S(N)(=O)=O)cc1)N1CC2C3CCC(O3)C2C1. The highest BCUT2D eigenvalue weighted by Gasteiger charge is 2.53. The van der Waals surface area contributed by atoms with Gasteiger partial charge in [0.1, 0.15) is 0 Å². The number of nitrogens with two attached hydrogens (primary N) is 1. The van der Waals surface area contributed by atoms with Crippen molar-refractivity contribution in [1.29, 1.82) is 0 Å². The van der Waals surface area contributed by atoms with Crippen LogP contribution in [0.2, 0.25) is 0 Å². The number of fused-ring (bicyclic) bond motifs is 5. The number of nitrogens with zero attached hydrogens (tertiary/aromatic N) is 2. The molecule has 3 heterocycles. The van der Waals surface area contributed by atoms with Crippen LogP contribution in [0.1, 0.15) is 25.3 Å². The minimum Gasteiger partial charge on any atom is -0.374 e. The molecule has 1 aromatic rings. The van der Waals surface area contributed by atoms with E-state index >= 15 is 0 Å². The predicted octanol–water partition coefficient (Wildman–Crippen LogP) is 0.909. The molecule has 26 heavy (non-hydrogen) atoms. The summed E-state index contributed by atoms with van der Waals surface area (Å²) >= 11 is 0. The standard InChI is InChI=1S/C18H26N4O3S/c1-2-20-18(21-9-12-3-5-13(6-4-12)26(19,23)24)22-10-14-15(11-22)17-8-7-16(14)25-17/h3-6,14-17H,2,7-11H2,1H3,(H,20,21)(H2,19,23,24). The van der Waals surface area contributed by atoms with Gasteiger partial charge in [0.25, 0.3) is 0 Å². The molecule has 4 atom stereocenters. The molecule has 142 valence electrons. The highest BCUT2D eigenvalue weighted by molar-refractivity contribution is 7.89. The second-order valence-corrected chi connectivity index (χ2v) is 8.94. The maximum Gasteiger partial charge on any atom is 0.238 e. The van der Waals surface area contributed by atoms with Gasteiger partial charge in [-0.25, -0.2) is 18.5 Å². The van der Waals surface area contributed by atoms with Crippen LogP contribution in [0, 0.1) is 11.8 Å². The minimum atomic E-state index is -3.65. The molecule has 8 heteroatoms. The molecule has 1 aromatic carbocycles. The van der Waals surface area contributed by atoms with E-state index in [1.54, 1.807) is 12.1 Å². The first-order valence-corrected chi connectivity index (χ1v) is 10.8. The molecule has 2 bridgehead atoms. The van der Waals surface area contributed by atoms with Crippen LogP contribution in [0.15, 0.2) is 34.2 Å². The highest BCUT2D eigenvalue weighted by atomic mass is 32.2. The Kier molecular flexibility index (Phi) is 4.66. The molecule has 3 fully saturated rings. The lowest BCUT2D eigenvalue weighted by atomic mass is 9.82. The van der Waals surface area contributed by atoms with Crippen LogP contribution in [-0.2, 0) is 21.3 Å². The Labute approximate surface area is 154 Å². The van der Waals surface area contributed by atoms with Gasteiger partial charge in [0.2, 0.25) is 10.0 Å². The Morgan fingerprint density at radius 1 is 1.23 bits per heavy atom. The molecule has 4 unspecified atom stereocenters. The normalized spacial score (nSPS) is 30.7. The van der Waals surface area contributed by atoms with Crippen molar-refractivity contribution in [3.05, 3.63) is 29.8 Å². The van der Waals surface area contributed by atoms with Gasteiger partial charge in [-0.15, -0.1) is 0 Å². The van der Waals surface area contributed by atoms with Crippen LogP contribution >= 0.6 is 0 Å². The summed E-state index contributed by atoms with van der Waals surface area (Å²) in [6.45, 7) is 5.39.